The minimum absolute atomic E-state index is 0.136. The Morgan fingerprint density at radius 2 is 1.96 bits per heavy atom. The van der Waals surface area contributed by atoms with E-state index in [1.54, 1.807) is 12.4 Å². The van der Waals surface area contributed by atoms with Crippen LogP contribution in [0.4, 0.5) is 10.9 Å². The number of carbonyl (C=O) groups excluding carboxylic acids is 1. The van der Waals surface area contributed by atoms with Gasteiger partial charge in [0.15, 0.2) is 5.13 Å². The van der Waals surface area contributed by atoms with Crippen LogP contribution in [0.2, 0.25) is 0 Å². The second-order valence-electron chi connectivity index (χ2n) is 6.39. The lowest BCUT2D eigenvalue weighted by Gasteiger charge is -2.26. The molecule has 0 aromatic carbocycles. The van der Waals surface area contributed by atoms with Crippen LogP contribution >= 0.6 is 11.3 Å². The molecule has 0 bridgehead atoms. The van der Waals surface area contributed by atoms with Gasteiger partial charge < -0.3 is 9.47 Å². The number of anilines is 2. The Morgan fingerprint density at radius 1 is 1.15 bits per heavy atom. The number of amides is 1. The summed E-state index contributed by atoms with van der Waals surface area (Å²) in [6, 6.07) is 7.62. The molecule has 1 saturated heterocycles. The third kappa shape index (κ3) is 3.77. The van der Waals surface area contributed by atoms with E-state index in [2.05, 4.69) is 20.2 Å². The zero-order chi connectivity index (χ0) is 17.8. The standard InChI is InChI=1S/C19H21N5OS/c25-18(16-5-4-12-24(16)13-15-6-8-20-9-7-15)22-19-21-17(14-26-19)23-10-2-1-3-11-23/h4-9,12,14H,1-3,10-11,13H2,(H,21,22,25). The van der Waals surface area contributed by atoms with Gasteiger partial charge in [-0.05, 0) is 49.1 Å². The van der Waals surface area contributed by atoms with Crippen molar-refractivity contribution in [1.82, 2.24) is 14.5 Å². The molecule has 6 nitrogen and oxygen atoms in total. The quantitative estimate of drug-likeness (QED) is 0.748. The molecule has 3 aromatic heterocycles. The first kappa shape index (κ1) is 16.8. The van der Waals surface area contributed by atoms with Crippen molar-refractivity contribution in [2.45, 2.75) is 25.8 Å². The molecule has 4 rings (SSSR count). The van der Waals surface area contributed by atoms with Gasteiger partial charge in [0.25, 0.3) is 5.91 Å². The van der Waals surface area contributed by atoms with Crippen molar-refractivity contribution < 1.29 is 4.79 Å². The summed E-state index contributed by atoms with van der Waals surface area (Å²) >= 11 is 1.48. The monoisotopic (exact) mass is 367 g/mol. The van der Waals surface area contributed by atoms with Crippen LogP contribution < -0.4 is 10.2 Å². The number of nitrogens with one attached hydrogen (secondary N) is 1. The molecule has 0 spiro atoms. The predicted octanol–water partition coefficient (Wildman–Crippen LogP) is 3.63. The number of thiazole rings is 1. The molecule has 26 heavy (non-hydrogen) atoms. The van der Waals surface area contributed by atoms with Crippen molar-refractivity contribution >= 4 is 28.2 Å². The number of aromatic nitrogens is 3. The van der Waals surface area contributed by atoms with E-state index < -0.39 is 0 Å². The van der Waals surface area contributed by atoms with Gasteiger partial charge in [-0.15, -0.1) is 11.3 Å². The molecule has 7 heteroatoms. The molecule has 4 heterocycles. The topological polar surface area (TPSA) is 63.1 Å². The van der Waals surface area contributed by atoms with E-state index in [4.69, 9.17) is 0 Å². The number of pyridine rings is 1. The van der Waals surface area contributed by atoms with Gasteiger partial charge in [-0.25, -0.2) is 4.98 Å². The summed E-state index contributed by atoms with van der Waals surface area (Å²) < 4.78 is 1.93. The highest BCUT2D eigenvalue weighted by Crippen LogP contribution is 2.25. The summed E-state index contributed by atoms with van der Waals surface area (Å²) in [4.78, 5) is 23.6. The van der Waals surface area contributed by atoms with Crippen molar-refractivity contribution in [3.05, 3.63) is 59.5 Å². The maximum Gasteiger partial charge on any atom is 0.274 e. The summed E-state index contributed by atoms with van der Waals surface area (Å²) in [5, 5.41) is 5.61. The van der Waals surface area contributed by atoms with Crippen LogP contribution in [0.15, 0.2) is 48.2 Å². The molecule has 1 N–H and O–H groups in total. The summed E-state index contributed by atoms with van der Waals surface area (Å²) in [6.45, 7) is 2.73. The van der Waals surface area contributed by atoms with Crippen molar-refractivity contribution in [2.75, 3.05) is 23.3 Å². The first-order valence-corrected chi connectivity index (χ1v) is 9.73. The molecule has 134 valence electrons. The zero-order valence-corrected chi connectivity index (χ0v) is 15.3. The molecule has 0 atom stereocenters. The predicted molar refractivity (Wildman–Crippen MR) is 104 cm³/mol. The molecular weight excluding hydrogens is 346 g/mol. The average Bonchev–Trinajstić information content (AvgIpc) is 3.33. The van der Waals surface area contributed by atoms with E-state index in [0.29, 0.717) is 17.4 Å². The first-order valence-electron chi connectivity index (χ1n) is 8.85. The first-order chi connectivity index (χ1) is 12.8. The third-order valence-corrected chi connectivity index (χ3v) is 5.30. The van der Waals surface area contributed by atoms with Gasteiger partial charge in [0.1, 0.15) is 11.5 Å². The zero-order valence-electron chi connectivity index (χ0n) is 14.5. The highest BCUT2D eigenvalue weighted by molar-refractivity contribution is 7.14. The van der Waals surface area contributed by atoms with E-state index in [1.165, 1.54) is 30.6 Å². The number of hydrogen-bond donors (Lipinski definition) is 1. The maximum atomic E-state index is 12.7. The molecule has 0 saturated carbocycles. The Bertz CT molecular complexity index is 867. The van der Waals surface area contributed by atoms with Crippen molar-refractivity contribution in [3.8, 4) is 0 Å². The Morgan fingerprint density at radius 3 is 2.77 bits per heavy atom. The molecule has 1 amide bonds. The van der Waals surface area contributed by atoms with E-state index >= 15 is 0 Å². The Labute approximate surface area is 156 Å². The smallest absolute Gasteiger partial charge is 0.274 e. The van der Waals surface area contributed by atoms with Gasteiger partial charge in [0.2, 0.25) is 0 Å². The lowest BCUT2D eigenvalue weighted by molar-refractivity contribution is 0.101. The van der Waals surface area contributed by atoms with Gasteiger partial charge in [0.05, 0.1) is 0 Å². The second kappa shape index (κ2) is 7.70. The molecule has 1 fully saturated rings. The van der Waals surface area contributed by atoms with E-state index in [0.717, 1.165) is 24.5 Å². The highest BCUT2D eigenvalue weighted by Gasteiger charge is 2.16. The van der Waals surface area contributed by atoms with Gasteiger partial charge in [-0.2, -0.15) is 0 Å². The van der Waals surface area contributed by atoms with Crippen LogP contribution in [0, 0.1) is 0 Å². The van der Waals surface area contributed by atoms with Crippen LogP contribution in [-0.4, -0.2) is 33.5 Å². The summed E-state index contributed by atoms with van der Waals surface area (Å²) in [5.41, 5.74) is 1.73. The number of rotatable bonds is 5. The van der Waals surface area contributed by atoms with E-state index in [1.807, 2.05) is 40.4 Å². The lowest BCUT2D eigenvalue weighted by atomic mass is 10.1. The Kier molecular flexibility index (Phi) is 4.97. The Hall–Kier alpha value is -2.67. The summed E-state index contributed by atoms with van der Waals surface area (Å²) in [6.07, 6.45) is 9.14. The molecule has 0 aliphatic carbocycles. The Balaban J connectivity index is 1.44. The normalized spacial score (nSPS) is 14.4. The molecular formula is C19H21N5OS. The van der Waals surface area contributed by atoms with Crippen molar-refractivity contribution in [1.29, 1.82) is 0 Å². The lowest BCUT2D eigenvalue weighted by Crippen LogP contribution is -2.29. The van der Waals surface area contributed by atoms with E-state index in [9.17, 15) is 4.79 Å². The molecule has 1 aliphatic heterocycles. The minimum atomic E-state index is -0.136. The van der Waals surface area contributed by atoms with Crippen molar-refractivity contribution in [3.63, 3.8) is 0 Å². The van der Waals surface area contributed by atoms with E-state index in [-0.39, 0.29) is 5.91 Å². The van der Waals surface area contributed by atoms with Crippen molar-refractivity contribution in [2.24, 2.45) is 0 Å². The third-order valence-electron chi connectivity index (χ3n) is 4.56. The average molecular weight is 367 g/mol. The molecule has 0 unspecified atom stereocenters. The van der Waals surface area contributed by atoms with Crippen LogP contribution in [0.5, 0.6) is 0 Å². The fourth-order valence-electron chi connectivity index (χ4n) is 3.20. The molecule has 1 aliphatic rings. The number of hydrogen-bond acceptors (Lipinski definition) is 5. The van der Waals surface area contributed by atoms with Gasteiger partial charge in [-0.3, -0.25) is 15.1 Å². The van der Waals surface area contributed by atoms with Crippen LogP contribution in [0.25, 0.3) is 0 Å². The fraction of sp³-hybridized carbons (Fsp3) is 0.316. The highest BCUT2D eigenvalue weighted by atomic mass is 32.1. The van der Waals surface area contributed by atoms with Crippen LogP contribution in [-0.2, 0) is 6.54 Å². The van der Waals surface area contributed by atoms with Crippen LogP contribution in [0.3, 0.4) is 0 Å². The van der Waals surface area contributed by atoms with Gasteiger partial charge in [0, 0.05) is 43.6 Å². The summed E-state index contributed by atoms with van der Waals surface area (Å²) in [7, 11) is 0. The minimum Gasteiger partial charge on any atom is -0.356 e. The summed E-state index contributed by atoms with van der Waals surface area (Å²) in [5.74, 6) is 0.834. The number of piperidine rings is 1. The maximum absolute atomic E-state index is 12.7. The number of carbonyl (C=O) groups is 1. The van der Waals surface area contributed by atoms with Crippen LogP contribution in [0.1, 0.15) is 35.3 Å². The fourth-order valence-corrected chi connectivity index (χ4v) is 3.91. The molecule has 3 aromatic rings. The SMILES string of the molecule is O=C(Nc1nc(N2CCCCC2)cs1)c1cccn1Cc1ccncc1. The largest absolute Gasteiger partial charge is 0.356 e. The second-order valence-corrected chi connectivity index (χ2v) is 7.25. The van der Waals surface area contributed by atoms with Gasteiger partial charge >= 0.3 is 0 Å². The van der Waals surface area contributed by atoms with Gasteiger partial charge in [-0.1, -0.05) is 0 Å². The number of nitrogens with zero attached hydrogens (tertiary/aromatic N) is 4. The molecule has 0 radical (unpaired) electrons.